The lowest BCUT2D eigenvalue weighted by molar-refractivity contribution is -0.129. The molecule has 2 atom stereocenters. The van der Waals surface area contributed by atoms with Crippen molar-refractivity contribution >= 4 is 23.6 Å². The number of carbonyl (C=O) groups is 3. The third-order valence-corrected chi connectivity index (χ3v) is 6.45. The fourth-order valence-corrected chi connectivity index (χ4v) is 4.61. The number of nitrogens with one attached hydrogen (secondary N) is 1. The summed E-state index contributed by atoms with van der Waals surface area (Å²) in [6, 6.07) is 0.150. The lowest BCUT2D eigenvalue weighted by Crippen LogP contribution is -2.46. The molecule has 4 amide bonds. The van der Waals surface area contributed by atoms with Crippen molar-refractivity contribution in [3.05, 3.63) is 23.8 Å². The molecule has 1 fully saturated rings. The van der Waals surface area contributed by atoms with Crippen molar-refractivity contribution in [1.82, 2.24) is 15.1 Å². The van der Waals surface area contributed by atoms with Crippen molar-refractivity contribution in [1.29, 1.82) is 0 Å². The summed E-state index contributed by atoms with van der Waals surface area (Å²) in [7, 11) is 0. The van der Waals surface area contributed by atoms with Crippen LogP contribution in [0.3, 0.4) is 0 Å². The van der Waals surface area contributed by atoms with E-state index in [1.165, 1.54) is 30.6 Å². The Kier molecular flexibility index (Phi) is 8.58. The van der Waals surface area contributed by atoms with Crippen LogP contribution in [0.4, 0.5) is 4.79 Å². The fraction of sp³-hybridized carbons (Fsp3) is 0.667. The summed E-state index contributed by atoms with van der Waals surface area (Å²) >= 11 is 0. The highest BCUT2D eigenvalue weighted by molar-refractivity contribution is 6.23. The van der Waals surface area contributed by atoms with Gasteiger partial charge < -0.3 is 10.2 Å². The van der Waals surface area contributed by atoms with Crippen LogP contribution < -0.4 is 5.32 Å². The predicted molar refractivity (Wildman–Crippen MR) is 122 cm³/mol. The van der Waals surface area contributed by atoms with E-state index in [2.05, 4.69) is 29.1 Å². The number of amides is 4. The van der Waals surface area contributed by atoms with Crippen LogP contribution >= 0.6 is 0 Å². The molecule has 3 rings (SSSR count). The number of urea groups is 1. The first-order valence-electron chi connectivity index (χ1n) is 11.9. The van der Waals surface area contributed by atoms with Crippen molar-refractivity contribution in [3.63, 3.8) is 0 Å². The van der Waals surface area contributed by atoms with Crippen LogP contribution in [0.15, 0.2) is 28.8 Å². The van der Waals surface area contributed by atoms with Crippen molar-refractivity contribution < 1.29 is 14.4 Å². The van der Waals surface area contributed by atoms with Crippen LogP contribution in [0.25, 0.3) is 0 Å². The first-order chi connectivity index (χ1) is 15.0. The number of nitrogens with zero attached hydrogens (tertiary/aromatic N) is 3. The SMILES string of the molecule is CCCCCN1C(=O)N=C2C=C(C(=O)NCCCN3CCCCC3CC)C=CC2C1=O. The zero-order valence-electron chi connectivity index (χ0n) is 18.9. The highest BCUT2D eigenvalue weighted by Crippen LogP contribution is 2.23. The molecule has 2 heterocycles. The van der Waals surface area contributed by atoms with Gasteiger partial charge in [-0.05, 0) is 44.7 Å². The molecule has 1 saturated heterocycles. The Balaban J connectivity index is 1.51. The van der Waals surface area contributed by atoms with E-state index >= 15 is 0 Å². The highest BCUT2D eigenvalue weighted by atomic mass is 16.2. The van der Waals surface area contributed by atoms with Gasteiger partial charge in [-0.2, -0.15) is 4.99 Å². The molecule has 2 unspecified atom stereocenters. The van der Waals surface area contributed by atoms with E-state index in [-0.39, 0.29) is 11.8 Å². The maximum absolute atomic E-state index is 12.7. The van der Waals surface area contributed by atoms with Crippen LogP contribution in [0.5, 0.6) is 0 Å². The predicted octanol–water partition coefficient (Wildman–Crippen LogP) is 3.46. The van der Waals surface area contributed by atoms with E-state index in [0.717, 1.165) is 38.8 Å². The van der Waals surface area contributed by atoms with Gasteiger partial charge in [0.15, 0.2) is 0 Å². The largest absolute Gasteiger partial charge is 0.352 e. The third kappa shape index (κ3) is 5.91. The van der Waals surface area contributed by atoms with Gasteiger partial charge >= 0.3 is 6.03 Å². The summed E-state index contributed by atoms with van der Waals surface area (Å²) < 4.78 is 0. The summed E-state index contributed by atoms with van der Waals surface area (Å²) in [5.74, 6) is -1.00. The quantitative estimate of drug-likeness (QED) is 0.540. The second kappa shape index (κ2) is 11.4. The Morgan fingerprint density at radius 1 is 1.16 bits per heavy atom. The van der Waals surface area contributed by atoms with Crippen LogP contribution in [0.1, 0.15) is 65.2 Å². The van der Waals surface area contributed by atoms with E-state index in [9.17, 15) is 14.4 Å². The average molecular weight is 429 g/mol. The maximum atomic E-state index is 12.7. The molecule has 0 aromatic carbocycles. The van der Waals surface area contributed by atoms with Gasteiger partial charge in [0.05, 0.1) is 11.6 Å². The molecule has 1 N–H and O–H groups in total. The number of carbonyl (C=O) groups excluding carboxylic acids is 3. The lowest BCUT2D eigenvalue weighted by Gasteiger charge is -2.35. The number of imide groups is 1. The molecule has 1 aliphatic carbocycles. The second-order valence-corrected chi connectivity index (χ2v) is 8.66. The first-order valence-corrected chi connectivity index (χ1v) is 11.9. The van der Waals surface area contributed by atoms with Gasteiger partial charge in [-0.15, -0.1) is 0 Å². The minimum atomic E-state index is -0.569. The zero-order chi connectivity index (χ0) is 22.2. The van der Waals surface area contributed by atoms with E-state index < -0.39 is 11.9 Å². The molecule has 0 aromatic heterocycles. The number of unbranched alkanes of at least 4 members (excludes halogenated alkanes) is 2. The van der Waals surface area contributed by atoms with Crippen LogP contribution in [0.2, 0.25) is 0 Å². The second-order valence-electron chi connectivity index (χ2n) is 8.66. The normalized spacial score (nSPS) is 24.0. The standard InChI is InChI=1S/C24H36N4O3/c1-3-5-7-16-28-23(30)20-12-11-18(17-21(20)26-24(28)31)22(29)25-13-9-15-27-14-8-6-10-19(27)4-2/h11-12,17,19-20H,3-10,13-16H2,1-2H3,(H,25,29). The van der Waals surface area contributed by atoms with Gasteiger partial charge in [0.2, 0.25) is 5.91 Å². The minimum absolute atomic E-state index is 0.187. The fourth-order valence-electron chi connectivity index (χ4n) is 4.61. The number of rotatable bonds is 10. The molecule has 7 nitrogen and oxygen atoms in total. The smallest absolute Gasteiger partial charge is 0.350 e. The van der Waals surface area contributed by atoms with Gasteiger partial charge in [0.1, 0.15) is 0 Å². The number of likely N-dealkylation sites (tertiary alicyclic amines) is 1. The van der Waals surface area contributed by atoms with E-state index in [4.69, 9.17) is 0 Å². The number of allylic oxidation sites excluding steroid dienone is 1. The molecule has 0 saturated carbocycles. The summed E-state index contributed by atoms with van der Waals surface area (Å²) in [4.78, 5) is 45.4. The van der Waals surface area contributed by atoms with E-state index in [1.54, 1.807) is 18.2 Å². The lowest BCUT2D eigenvalue weighted by atomic mass is 9.91. The van der Waals surface area contributed by atoms with Gasteiger partial charge in [0.25, 0.3) is 5.91 Å². The summed E-state index contributed by atoms with van der Waals surface area (Å²) in [6.45, 7) is 7.48. The number of aliphatic imine (C=N–C) groups is 1. The van der Waals surface area contributed by atoms with E-state index in [0.29, 0.717) is 30.4 Å². The Labute approximate surface area is 185 Å². The number of hydrogen-bond acceptors (Lipinski definition) is 4. The number of hydrogen-bond donors (Lipinski definition) is 1. The molecular weight excluding hydrogens is 392 g/mol. The Hall–Kier alpha value is -2.28. The molecule has 0 aromatic rings. The maximum Gasteiger partial charge on any atom is 0.350 e. The molecule has 3 aliphatic rings. The minimum Gasteiger partial charge on any atom is -0.352 e. The van der Waals surface area contributed by atoms with Gasteiger partial charge in [-0.25, -0.2) is 4.79 Å². The Morgan fingerprint density at radius 3 is 2.77 bits per heavy atom. The van der Waals surface area contributed by atoms with E-state index in [1.807, 2.05) is 0 Å². The van der Waals surface area contributed by atoms with Crippen LogP contribution in [0, 0.1) is 5.92 Å². The van der Waals surface area contributed by atoms with Crippen molar-refractivity contribution in [2.24, 2.45) is 10.9 Å². The van der Waals surface area contributed by atoms with Gasteiger partial charge in [-0.1, -0.05) is 45.3 Å². The Morgan fingerprint density at radius 2 is 2.00 bits per heavy atom. The molecule has 2 aliphatic heterocycles. The zero-order valence-corrected chi connectivity index (χ0v) is 18.9. The molecule has 170 valence electrons. The monoisotopic (exact) mass is 428 g/mol. The molecule has 0 radical (unpaired) electrons. The molecule has 31 heavy (non-hydrogen) atoms. The number of fused-ring (bicyclic) bond motifs is 1. The third-order valence-electron chi connectivity index (χ3n) is 6.45. The van der Waals surface area contributed by atoms with Crippen molar-refractivity contribution in [3.8, 4) is 0 Å². The molecule has 0 bridgehead atoms. The van der Waals surface area contributed by atoms with Gasteiger partial charge in [0, 0.05) is 31.2 Å². The first kappa shape index (κ1) is 23.4. The molecular formula is C24H36N4O3. The van der Waals surface area contributed by atoms with Crippen molar-refractivity contribution in [2.45, 2.75) is 71.3 Å². The summed E-state index contributed by atoms with van der Waals surface area (Å²) in [6.07, 6.45) is 13.7. The Bertz CT molecular complexity index is 771. The van der Waals surface area contributed by atoms with Crippen molar-refractivity contribution in [2.75, 3.05) is 26.2 Å². The molecule has 7 heteroatoms. The van der Waals surface area contributed by atoms with Crippen LogP contribution in [-0.2, 0) is 9.59 Å². The summed E-state index contributed by atoms with van der Waals surface area (Å²) in [5.41, 5.74) is 0.813. The number of piperidine rings is 1. The molecule has 0 spiro atoms. The highest BCUT2D eigenvalue weighted by Gasteiger charge is 2.36. The van der Waals surface area contributed by atoms with Gasteiger partial charge in [-0.3, -0.25) is 14.5 Å². The summed E-state index contributed by atoms with van der Waals surface area (Å²) in [5, 5.41) is 2.97. The topological polar surface area (TPSA) is 82.1 Å². The average Bonchev–Trinajstić information content (AvgIpc) is 2.78. The van der Waals surface area contributed by atoms with Crippen LogP contribution in [-0.4, -0.2) is 65.6 Å².